The molecule has 4 nitrogen and oxygen atoms in total. The van der Waals surface area contributed by atoms with Crippen LogP contribution in [0.5, 0.6) is 5.75 Å². The van der Waals surface area contributed by atoms with Crippen LogP contribution in [0.25, 0.3) is 0 Å². The number of hydrogen-bond acceptors (Lipinski definition) is 4. The topological polar surface area (TPSA) is 55.8 Å². The Morgan fingerprint density at radius 1 is 1.43 bits per heavy atom. The van der Waals surface area contributed by atoms with E-state index < -0.39 is 6.10 Å². The first-order valence-electron chi connectivity index (χ1n) is 7.38. The third kappa shape index (κ3) is 2.83. The molecule has 0 bridgehead atoms. The van der Waals surface area contributed by atoms with Gasteiger partial charge in [-0.25, -0.2) is 0 Å². The zero-order valence-corrected chi connectivity index (χ0v) is 13.4. The van der Waals surface area contributed by atoms with Gasteiger partial charge in [0.05, 0.1) is 0 Å². The van der Waals surface area contributed by atoms with E-state index in [4.69, 9.17) is 9.47 Å². The molecular weight excluding hydrogens is 268 g/mol. The minimum Gasteiger partial charge on any atom is -0.467 e. The second-order valence-electron chi connectivity index (χ2n) is 6.15. The highest BCUT2D eigenvalue weighted by atomic mass is 16.7. The summed E-state index contributed by atoms with van der Waals surface area (Å²) in [6.45, 7) is 8.16. The van der Waals surface area contributed by atoms with Gasteiger partial charge in [0, 0.05) is 18.2 Å². The van der Waals surface area contributed by atoms with Gasteiger partial charge < -0.3 is 14.6 Å². The minimum absolute atomic E-state index is 0.0698. The molecule has 0 spiro atoms. The van der Waals surface area contributed by atoms with Crippen molar-refractivity contribution in [3.63, 3.8) is 0 Å². The van der Waals surface area contributed by atoms with Crippen molar-refractivity contribution in [3.8, 4) is 5.75 Å². The molecule has 1 aliphatic carbocycles. The molecular formula is C17H24O4. The fourth-order valence-electron chi connectivity index (χ4n) is 3.14. The maximum Gasteiger partial charge on any atom is 0.192 e. The third-order valence-electron chi connectivity index (χ3n) is 4.12. The second kappa shape index (κ2) is 6.16. The van der Waals surface area contributed by atoms with E-state index in [0.29, 0.717) is 12.0 Å². The number of benzene rings is 1. The highest BCUT2D eigenvalue weighted by Crippen LogP contribution is 2.39. The number of rotatable bonds is 4. The van der Waals surface area contributed by atoms with E-state index in [9.17, 15) is 9.90 Å². The van der Waals surface area contributed by atoms with Crippen LogP contribution >= 0.6 is 0 Å². The molecule has 2 rings (SSSR count). The van der Waals surface area contributed by atoms with Crippen LogP contribution in [0.1, 0.15) is 53.7 Å². The Morgan fingerprint density at radius 2 is 2.10 bits per heavy atom. The Hall–Kier alpha value is -1.39. The maximum absolute atomic E-state index is 12.4. The second-order valence-corrected chi connectivity index (χ2v) is 6.15. The predicted octanol–water partition coefficient (Wildman–Crippen LogP) is 2.84. The number of carbonyl (C=O) groups excluding carboxylic acids is 1. The SMILES string of the molecule is COCOc1cc(C)c2c(c1C(C)C)CC(C)[C@@H](O)C2=O. The van der Waals surface area contributed by atoms with Gasteiger partial charge in [-0.1, -0.05) is 20.8 Å². The molecule has 21 heavy (non-hydrogen) atoms. The molecule has 2 atom stereocenters. The van der Waals surface area contributed by atoms with Gasteiger partial charge in [0.1, 0.15) is 11.9 Å². The van der Waals surface area contributed by atoms with Gasteiger partial charge in [-0.2, -0.15) is 0 Å². The predicted molar refractivity (Wildman–Crippen MR) is 81.0 cm³/mol. The molecule has 1 N–H and O–H groups in total. The standard InChI is InChI=1S/C17H24O4/c1-9(2)14-12-6-11(4)16(18)17(19)15(12)10(3)7-13(14)21-8-20-5/h7,9,11,16,18H,6,8H2,1-5H3/t11?,16-/m1/s1. The average molecular weight is 292 g/mol. The molecule has 1 aliphatic rings. The van der Waals surface area contributed by atoms with Gasteiger partial charge in [0.25, 0.3) is 0 Å². The molecule has 0 saturated carbocycles. The van der Waals surface area contributed by atoms with Gasteiger partial charge in [-0.05, 0) is 42.4 Å². The van der Waals surface area contributed by atoms with Crippen molar-refractivity contribution >= 4 is 5.78 Å². The number of methoxy groups -OCH3 is 1. The summed E-state index contributed by atoms with van der Waals surface area (Å²) in [5, 5.41) is 10.1. The van der Waals surface area contributed by atoms with Crippen LogP contribution in [0.2, 0.25) is 0 Å². The van der Waals surface area contributed by atoms with E-state index in [1.807, 2.05) is 19.9 Å². The van der Waals surface area contributed by atoms with Crippen molar-refractivity contribution in [3.05, 3.63) is 28.3 Å². The van der Waals surface area contributed by atoms with E-state index in [-0.39, 0.29) is 24.4 Å². The monoisotopic (exact) mass is 292 g/mol. The van der Waals surface area contributed by atoms with E-state index in [1.165, 1.54) is 0 Å². The van der Waals surface area contributed by atoms with Gasteiger partial charge >= 0.3 is 0 Å². The molecule has 0 heterocycles. The van der Waals surface area contributed by atoms with Gasteiger partial charge in [0.15, 0.2) is 12.6 Å². The molecule has 1 unspecified atom stereocenters. The number of aryl methyl sites for hydroxylation is 1. The molecule has 1 aromatic rings. The Labute approximate surface area is 126 Å². The van der Waals surface area contributed by atoms with Crippen molar-refractivity contribution in [2.75, 3.05) is 13.9 Å². The fourth-order valence-corrected chi connectivity index (χ4v) is 3.14. The highest BCUT2D eigenvalue weighted by molar-refractivity contribution is 6.03. The zero-order valence-electron chi connectivity index (χ0n) is 13.4. The summed E-state index contributed by atoms with van der Waals surface area (Å²) >= 11 is 0. The molecule has 0 aliphatic heterocycles. The van der Waals surface area contributed by atoms with Gasteiger partial charge in [-0.15, -0.1) is 0 Å². The number of aliphatic hydroxyl groups is 1. The number of carbonyl (C=O) groups is 1. The number of hydrogen-bond donors (Lipinski definition) is 1. The number of ketones is 1. The molecule has 0 saturated heterocycles. The first kappa shape index (κ1) is 16.0. The van der Waals surface area contributed by atoms with Crippen LogP contribution in [-0.4, -0.2) is 30.9 Å². The number of fused-ring (bicyclic) bond motifs is 1. The quantitative estimate of drug-likeness (QED) is 0.867. The van der Waals surface area contributed by atoms with Crippen molar-refractivity contribution in [1.82, 2.24) is 0 Å². The van der Waals surface area contributed by atoms with E-state index >= 15 is 0 Å². The van der Waals surface area contributed by atoms with E-state index in [0.717, 1.165) is 22.4 Å². The lowest BCUT2D eigenvalue weighted by atomic mass is 9.76. The summed E-state index contributed by atoms with van der Waals surface area (Å²) in [6.07, 6.45) is -0.206. The first-order chi connectivity index (χ1) is 9.88. The van der Waals surface area contributed by atoms with E-state index in [2.05, 4.69) is 13.8 Å². The minimum atomic E-state index is -0.901. The maximum atomic E-state index is 12.4. The summed E-state index contributed by atoms with van der Waals surface area (Å²) < 4.78 is 10.7. The smallest absolute Gasteiger partial charge is 0.192 e. The Kier molecular flexibility index (Phi) is 4.69. The van der Waals surface area contributed by atoms with Crippen molar-refractivity contribution in [2.45, 2.75) is 46.1 Å². The number of Topliss-reactive ketones (excluding diaryl/α,β-unsaturated/α-hetero) is 1. The lowest BCUT2D eigenvalue weighted by Crippen LogP contribution is -2.36. The molecule has 4 heteroatoms. The summed E-state index contributed by atoms with van der Waals surface area (Å²) in [6, 6.07) is 1.88. The number of aliphatic hydroxyl groups excluding tert-OH is 1. The summed E-state index contributed by atoms with van der Waals surface area (Å²) in [5.41, 5.74) is 3.61. The van der Waals surface area contributed by atoms with Crippen molar-refractivity contribution in [2.24, 2.45) is 5.92 Å². The van der Waals surface area contributed by atoms with Crippen LogP contribution in [0, 0.1) is 12.8 Å². The normalized spacial score (nSPS) is 21.6. The molecule has 0 fully saturated rings. The van der Waals surface area contributed by atoms with Crippen molar-refractivity contribution in [1.29, 1.82) is 0 Å². The third-order valence-corrected chi connectivity index (χ3v) is 4.12. The molecule has 0 amide bonds. The highest BCUT2D eigenvalue weighted by Gasteiger charge is 2.35. The van der Waals surface area contributed by atoms with Crippen LogP contribution in [-0.2, 0) is 11.2 Å². The van der Waals surface area contributed by atoms with E-state index in [1.54, 1.807) is 7.11 Å². The molecule has 116 valence electrons. The lowest BCUT2D eigenvalue weighted by Gasteiger charge is -2.31. The van der Waals surface area contributed by atoms with Crippen LogP contribution in [0.15, 0.2) is 6.07 Å². The fraction of sp³-hybridized carbons (Fsp3) is 0.588. The first-order valence-corrected chi connectivity index (χ1v) is 7.38. The number of ether oxygens (including phenoxy) is 2. The Bertz CT molecular complexity index is 548. The lowest BCUT2D eigenvalue weighted by molar-refractivity contribution is 0.0496. The molecule has 0 radical (unpaired) electrons. The van der Waals surface area contributed by atoms with Crippen LogP contribution in [0.4, 0.5) is 0 Å². The molecule has 0 aromatic heterocycles. The largest absolute Gasteiger partial charge is 0.467 e. The van der Waals surface area contributed by atoms with Crippen LogP contribution < -0.4 is 4.74 Å². The summed E-state index contributed by atoms with van der Waals surface area (Å²) in [5.74, 6) is 0.780. The van der Waals surface area contributed by atoms with Crippen LogP contribution in [0.3, 0.4) is 0 Å². The summed E-state index contributed by atoms with van der Waals surface area (Å²) in [7, 11) is 1.59. The average Bonchev–Trinajstić information content (AvgIpc) is 2.41. The Balaban J connectivity index is 2.63. The van der Waals surface area contributed by atoms with Gasteiger partial charge in [-0.3, -0.25) is 4.79 Å². The van der Waals surface area contributed by atoms with Gasteiger partial charge in [0.2, 0.25) is 0 Å². The summed E-state index contributed by atoms with van der Waals surface area (Å²) in [4.78, 5) is 12.4. The molecule has 1 aromatic carbocycles. The van der Waals surface area contributed by atoms with Crippen molar-refractivity contribution < 1.29 is 19.4 Å². The zero-order chi connectivity index (χ0) is 15.7. The Morgan fingerprint density at radius 3 is 2.67 bits per heavy atom.